The highest BCUT2D eigenvalue weighted by molar-refractivity contribution is 5.82. The number of carbonyl (C=O) groups is 1. The lowest BCUT2D eigenvalue weighted by Gasteiger charge is -2.38. The second-order valence-electron chi connectivity index (χ2n) is 5.94. The Morgan fingerprint density at radius 1 is 1.26 bits per heavy atom. The highest BCUT2D eigenvalue weighted by Crippen LogP contribution is 2.34. The number of piperidine rings is 1. The number of benzene rings is 1. The van der Waals surface area contributed by atoms with Crippen LogP contribution in [0.4, 0.5) is 0 Å². The SMILES string of the molecule is O=C([C@@H]1COc2ccccc2O1)N1CCCC[C@H]1c1cn[nH]c1. The molecule has 0 saturated carbocycles. The molecule has 0 spiro atoms. The first-order valence-corrected chi connectivity index (χ1v) is 8.00. The Kier molecular flexibility index (Phi) is 3.65. The molecule has 0 radical (unpaired) electrons. The summed E-state index contributed by atoms with van der Waals surface area (Å²) < 4.78 is 11.6. The molecule has 2 aromatic rings. The van der Waals surface area contributed by atoms with E-state index >= 15 is 0 Å². The quantitative estimate of drug-likeness (QED) is 0.924. The first kappa shape index (κ1) is 14.1. The molecule has 1 amide bonds. The number of fused-ring (bicyclic) bond motifs is 1. The maximum Gasteiger partial charge on any atom is 0.267 e. The van der Waals surface area contributed by atoms with Crippen LogP contribution >= 0.6 is 0 Å². The third-order valence-corrected chi connectivity index (χ3v) is 4.47. The van der Waals surface area contributed by atoms with Crippen molar-refractivity contribution in [2.24, 2.45) is 0 Å². The molecule has 0 aliphatic carbocycles. The van der Waals surface area contributed by atoms with Gasteiger partial charge in [0.2, 0.25) is 6.10 Å². The molecule has 2 aliphatic rings. The van der Waals surface area contributed by atoms with E-state index in [1.807, 2.05) is 35.4 Å². The van der Waals surface area contributed by atoms with Gasteiger partial charge in [-0.15, -0.1) is 0 Å². The maximum atomic E-state index is 13.0. The Bertz CT molecular complexity index is 686. The monoisotopic (exact) mass is 313 g/mol. The molecule has 1 saturated heterocycles. The molecule has 2 aliphatic heterocycles. The summed E-state index contributed by atoms with van der Waals surface area (Å²) in [6, 6.07) is 7.52. The van der Waals surface area contributed by atoms with E-state index < -0.39 is 6.10 Å². The second-order valence-corrected chi connectivity index (χ2v) is 5.94. The summed E-state index contributed by atoms with van der Waals surface area (Å²) in [7, 11) is 0. The number of carbonyl (C=O) groups excluding carboxylic acids is 1. The molecular formula is C17H19N3O3. The molecule has 1 N–H and O–H groups in total. The van der Waals surface area contributed by atoms with E-state index in [2.05, 4.69) is 10.2 Å². The topological polar surface area (TPSA) is 67.5 Å². The van der Waals surface area contributed by atoms with Crippen LogP contribution in [-0.2, 0) is 4.79 Å². The third kappa shape index (κ3) is 2.65. The smallest absolute Gasteiger partial charge is 0.267 e. The van der Waals surface area contributed by atoms with Gasteiger partial charge in [0.1, 0.15) is 6.61 Å². The van der Waals surface area contributed by atoms with Crippen molar-refractivity contribution >= 4 is 5.91 Å². The predicted octanol–water partition coefficient (Wildman–Crippen LogP) is 2.30. The van der Waals surface area contributed by atoms with Gasteiger partial charge in [0.25, 0.3) is 5.91 Å². The fourth-order valence-electron chi connectivity index (χ4n) is 3.31. The fraction of sp³-hybridized carbons (Fsp3) is 0.412. The van der Waals surface area contributed by atoms with Gasteiger partial charge in [-0.2, -0.15) is 5.10 Å². The van der Waals surface area contributed by atoms with Crippen molar-refractivity contribution in [2.75, 3.05) is 13.2 Å². The number of hydrogen-bond acceptors (Lipinski definition) is 4. The van der Waals surface area contributed by atoms with Crippen molar-refractivity contribution in [2.45, 2.75) is 31.4 Å². The molecule has 6 heteroatoms. The van der Waals surface area contributed by atoms with Crippen LogP contribution in [-0.4, -0.2) is 40.3 Å². The average molecular weight is 313 g/mol. The lowest BCUT2D eigenvalue weighted by Crippen LogP contribution is -2.49. The van der Waals surface area contributed by atoms with Crippen LogP contribution in [0.5, 0.6) is 11.5 Å². The van der Waals surface area contributed by atoms with Crippen LogP contribution in [0.3, 0.4) is 0 Å². The van der Waals surface area contributed by atoms with Crippen LogP contribution in [0.1, 0.15) is 30.9 Å². The summed E-state index contributed by atoms with van der Waals surface area (Å²) in [6.07, 6.45) is 6.16. The van der Waals surface area contributed by atoms with Gasteiger partial charge in [-0.3, -0.25) is 9.89 Å². The summed E-state index contributed by atoms with van der Waals surface area (Å²) in [4.78, 5) is 14.9. The number of nitrogens with zero attached hydrogens (tertiary/aromatic N) is 2. The molecule has 1 aromatic carbocycles. The summed E-state index contributed by atoms with van der Waals surface area (Å²) in [6.45, 7) is 1.00. The number of H-pyrrole nitrogens is 1. The van der Waals surface area contributed by atoms with Crippen molar-refractivity contribution < 1.29 is 14.3 Å². The van der Waals surface area contributed by atoms with Crippen LogP contribution in [0.15, 0.2) is 36.7 Å². The lowest BCUT2D eigenvalue weighted by atomic mass is 9.97. The number of aromatic amines is 1. The van der Waals surface area contributed by atoms with Crippen molar-refractivity contribution in [3.05, 3.63) is 42.2 Å². The van der Waals surface area contributed by atoms with Gasteiger partial charge in [-0.05, 0) is 31.4 Å². The predicted molar refractivity (Wildman–Crippen MR) is 83.2 cm³/mol. The van der Waals surface area contributed by atoms with Gasteiger partial charge >= 0.3 is 0 Å². The summed E-state index contributed by atoms with van der Waals surface area (Å²) in [5, 5.41) is 6.85. The molecule has 120 valence electrons. The van der Waals surface area contributed by atoms with Crippen molar-refractivity contribution in [3.63, 3.8) is 0 Å². The lowest BCUT2D eigenvalue weighted by molar-refractivity contribution is -0.145. The molecule has 3 heterocycles. The van der Waals surface area contributed by atoms with Gasteiger partial charge < -0.3 is 14.4 Å². The number of rotatable bonds is 2. The first-order chi connectivity index (χ1) is 11.3. The van der Waals surface area contributed by atoms with E-state index in [-0.39, 0.29) is 18.6 Å². The van der Waals surface area contributed by atoms with Crippen LogP contribution in [0, 0.1) is 0 Å². The largest absolute Gasteiger partial charge is 0.485 e. The maximum absolute atomic E-state index is 13.0. The third-order valence-electron chi connectivity index (χ3n) is 4.47. The minimum Gasteiger partial charge on any atom is -0.485 e. The Morgan fingerprint density at radius 2 is 2.13 bits per heavy atom. The van der Waals surface area contributed by atoms with E-state index in [4.69, 9.17) is 9.47 Å². The molecule has 2 atom stereocenters. The number of para-hydroxylation sites is 2. The van der Waals surface area contributed by atoms with Crippen LogP contribution < -0.4 is 9.47 Å². The summed E-state index contributed by atoms with van der Waals surface area (Å²) >= 11 is 0. The molecule has 1 fully saturated rings. The Labute approximate surface area is 134 Å². The second kappa shape index (κ2) is 5.95. The highest BCUT2D eigenvalue weighted by Gasteiger charge is 2.36. The van der Waals surface area contributed by atoms with E-state index in [0.29, 0.717) is 11.5 Å². The number of hydrogen-bond donors (Lipinski definition) is 1. The van der Waals surface area contributed by atoms with E-state index in [0.717, 1.165) is 31.4 Å². The Balaban J connectivity index is 1.54. The number of likely N-dealkylation sites (tertiary alicyclic amines) is 1. The number of aromatic nitrogens is 2. The molecular weight excluding hydrogens is 294 g/mol. The van der Waals surface area contributed by atoms with Crippen LogP contribution in [0.25, 0.3) is 0 Å². The molecule has 23 heavy (non-hydrogen) atoms. The molecule has 0 unspecified atom stereocenters. The zero-order valence-corrected chi connectivity index (χ0v) is 12.8. The van der Waals surface area contributed by atoms with E-state index in [1.165, 1.54) is 0 Å². The van der Waals surface area contributed by atoms with E-state index in [1.54, 1.807) is 6.20 Å². The van der Waals surface area contributed by atoms with Crippen molar-refractivity contribution in [3.8, 4) is 11.5 Å². The van der Waals surface area contributed by atoms with Gasteiger partial charge in [0.05, 0.1) is 12.2 Å². The van der Waals surface area contributed by atoms with Gasteiger partial charge in [-0.25, -0.2) is 0 Å². The standard InChI is InChI=1S/C17H19N3O3/c21-17(16-11-22-14-6-1-2-7-15(14)23-16)20-8-4-3-5-13(20)12-9-18-19-10-12/h1-2,6-7,9-10,13,16H,3-5,8,11H2,(H,18,19)/t13-,16-/m0/s1. The zero-order valence-electron chi connectivity index (χ0n) is 12.8. The fourth-order valence-corrected chi connectivity index (χ4v) is 3.31. The zero-order chi connectivity index (χ0) is 15.6. The Morgan fingerprint density at radius 3 is 2.96 bits per heavy atom. The van der Waals surface area contributed by atoms with Gasteiger partial charge in [0.15, 0.2) is 11.5 Å². The van der Waals surface area contributed by atoms with Crippen molar-refractivity contribution in [1.82, 2.24) is 15.1 Å². The summed E-state index contributed by atoms with van der Waals surface area (Å²) in [5.41, 5.74) is 1.05. The number of nitrogens with one attached hydrogen (secondary N) is 1. The Hall–Kier alpha value is -2.50. The highest BCUT2D eigenvalue weighted by atomic mass is 16.6. The minimum atomic E-state index is -0.586. The molecule has 0 bridgehead atoms. The van der Waals surface area contributed by atoms with Gasteiger partial charge in [0, 0.05) is 18.3 Å². The average Bonchev–Trinajstić information content (AvgIpc) is 3.15. The van der Waals surface area contributed by atoms with Crippen LogP contribution in [0.2, 0.25) is 0 Å². The van der Waals surface area contributed by atoms with E-state index in [9.17, 15) is 4.79 Å². The number of amides is 1. The molecule has 6 nitrogen and oxygen atoms in total. The normalized spacial score (nSPS) is 23.6. The summed E-state index contributed by atoms with van der Waals surface area (Å²) in [5.74, 6) is 1.32. The minimum absolute atomic E-state index is 0.00889. The molecule has 4 rings (SSSR count). The van der Waals surface area contributed by atoms with Gasteiger partial charge in [-0.1, -0.05) is 12.1 Å². The molecule has 1 aromatic heterocycles. The van der Waals surface area contributed by atoms with Crippen molar-refractivity contribution in [1.29, 1.82) is 0 Å². The number of ether oxygens (including phenoxy) is 2. The first-order valence-electron chi connectivity index (χ1n) is 8.00.